The van der Waals surface area contributed by atoms with Crippen LogP contribution in [0.5, 0.6) is 0 Å². The Morgan fingerprint density at radius 1 is 1.00 bits per heavy atom. The third kappa shape index (κ3) is 6.14. The highest BCUT2D eigenvalue weighted by molar-refractivity contribution is 7.89. The Morgan fingerprint density at radius 2 is 1.60 bits per heavy atom. The Kier molecular flexibility index (Phi) is 8.14. The lowest BCUT2D eigenvalue weighted by molar-refractivity contribution is -0.116. The maximum Gasteiger partial charge on any atom is 0.251 e. The van der Waals surface area contributed by atoms with Gasteiger partial charge in [0.05, 0.1) is 4.90 Å². The average molecular weight is 432 g/mol. The van der Waals surface area contributed by atoms with E-state index in [1.54, 1.807) is 26.0 Å². The van der Waals surface area contributed by atoms with Gasteiger partial charge in [0.2, 0.25) is 15.9 Å². The molecule has 0 aromatic heterocycles. The summed E-state index contributed by atoms with van der Waals surface area (Å²) in [5, 5.41) is 5.62. The van der Waals surface area contributed by atoms with Crippen molar-refractivity contribution in [1.82, 2.24) is 9.62 Å². The van der Waals surface area contributed by atoms with E-state index < -0.39 is 10.0 Å². The molecule has 2 aromatic carbocycles. The zero-order valence-electron chi connectivity index (χ0n) is 17.8. The summed E-state index contributed by atoms with van der Waals surface area (Å²) in [7, 11) is -2.05. The van der Waals surface area contributed by atoms with Crippen LogP contribution in [0.25, 0.3) is 0 Å². The summed E-state index contributed by atoms with van der Waals surface area (Å²) < 4.78 is 26.3. The van der Waals surface area contributed by atoms with Crippen LogP contribution in [0.3, 0.4) is 0 Å². The molecule has 8 heteroatoms. The largest absolute Gasteiger partial charge is 0.348 e. The molecule has 162 valence electrons. The second-order valence-corrected chi connectivity index (χ2v) is 9.31. The van der Waals surface area contributed by atoms with Crippen molar-refractivity contribution in [3.05, 3.63) is 59.7 Å². The number of carbonyl (C=O) groups is 2. The number of hydrogen-bond acceptors (Lipinski definition) is 4. The first-order valence-electron chi connectivity index (χ1n) is 9.90. The quantitative estimate of drug-likeness (QED) is 0.636. The van der Waals surface area contributed by atoms with Crippen molar-refractivity contribution >= 4 is 27.5 Å². The molecule has 7 nitrogen and oxygen atoms in total. The van der Waals surface area contributed by atoms with Crippen LogP contribution < -0.4 is 10.6 Å². The Bertz CT molecular complexity index is 968. The molecule has 0 aliphatic carbocycles. The van der Waals surface area contributed by atoms with Gasteiger partial charge in [-0.15, -0.1) is 0 Å². The zero-order valence-corrected chi connectivity index (χ0v) is 18.6. The van der Waals surface area contributed by atoms with Crippen molar-refractivity contribution in [1.29, 1.82) is 0 Å². The van der Waals surface area contributed by atoms with E-state index in [0.717, 1.165) is 12.0 Å². The van der Waals surface area contributed by atoms with Crippen molar-refractivity contribution in [2.24, 2.45) is 0 Å². The number of nitrogens with zero attached hydrogens (tertiary/aromatic N) is 1. The predicted octanol–water partition coefficient (Wildman–Crippen LogP) is 3.38. The fraction of sp³-hybridized carbons (Fsp3) is 0.364. The molecule has 2 aromatic rings. The van der Waals surface area contributed by atoms with Gasteiger partial charge in [-0.2, -0.15) is 4.31 Å². The van der Waals surface area contributed by atoms with Crippen LogP contribution in [0, 0.1) is 0 Å². The summed E-state index contributed by atoms with van der Waals surface area (Å²) >= 11 is 0. The van der Waals surface area contributed by atoms with E-state index in [1.807, 2.05) is 19.1 Å². The highest BCUT2D eigenvalue weighted by Gasteiger charge is 2.23. The van der Waals surface area contributed by atoms with Crippen LogP contribution in [-0.2, 0) is 21.4 Å². The second kappa shape index (κ2) is 10.4. The van der Waals surface area contributed by atoms with E-state index in [0.29, 0.717) is 24.2 Å². The topological polar surface area (TPSA) is 95.6 Å². The number of benzene rings is 2. The van der Waals surface area contributed by atoms with Gasteiger partial charge in [-0.25, -0.2) is 8.42 Å². The molecule has 0 bridgehead atoms. The smallest absolute Gasteiger partial charge is 0.251 e. The number of carbonyl (C=O) groups excluding carboxylic acids is 2. The Balaban J connectivity index is 1.96. The van der Waals surface area contributed by atoms with Crippen LogP contribution in [0.2, 0.25) is 0 Å². The molecule has 0 radical (unpaired) electrons. The molecule has 0 aliphatic heterocycles. The lowest BCUT2D eigenvalue weighted by Crippen LogP contribution is -2.33. The molecular formula is C22H29N3O4S. The number of anilines is 1. The van der Waals surface area contributed by atoms with Gasteiger partial charge in [0, 0.05) is 37.3 Å². The average Bonchev–Trinajstić information content (AvgIpc) is 2.72. The fourth-order valence-electron chi connectivity index (χ4n) is 2.66. The molecule has 0 fully saturated rings. The third-order valence-corrected chi connectivity index (χ3v) is 6.74. The molecule has 0 saturated heterocycles. The first kappa shape index (κ1) is 23.6. The molecular weight excluding hydrogens is 402 g/mol. The normalized spacial score (nSPS) is 11.5. The zero-order chi connectivity index (χ0) is 22.3. The number of rotatable bonds is 9. The number of nitrogens with one attached hydrogen (secondary N) is 2. The summed E-state index contributed by atoms with van der Waals surface area (Å²) in [6.45, 7) is 5.86. The molecule has 0 heterocycles. The minimum Gasteiger partial charge on any atom is -0.348 e. The molecule has 0 spiro atoms. The van der Waals surface area contributed by atoms with Gasteiger partial charge in [-0.3, -0.25) is 9.59 Å². The van der Waals surface area contributed by atoms with Gasteiger partial charge in [0.15, 0.2) is 0 Å². The van der Waals surface area contributed by atoms with Crippen LogP contribution in [-0.4, -0.2) is 37.6 Å². The number of hydrogen-bond donors (Lipinski definition) is 2. The van der Waals surface area contributed by atoms with Gasteiger partial charge in [-0.1, -0.05) is 19.1 Å². The van der Waals surface area contributed by atoms with E-state index in [-0.39, 0.29) is 22.8 Å². The summed E-state index contributed by atoms with van der Waals surface area (Å²) in [5.74, 6) is -0.319. The van der Waals surface area contributed by atoms with Crippen molar-refractivity contribution < 1.29 is 18.0 Å². The summed E-state index contributed by atoms with van der Waals surface area (Å²) in [5.41, 5.74) is 1.98. The lowest BCUT2D eigenvalue weighted by atomic mass is 10.1. The lowest BCUT2D eigenvalue weighted by Gasteiger charge is -2.21. The Labute approximate surface area is 178 Å². The molecule has 2 N–H and O–H groups in total. The highest BCUT2D eigenvalue weighted by Crippen LogP contribution is 2.17. The summed E-state index contributed by atoms with van der Waals surface area (Å²) in [6.07, 6.45) is 1.27. The van der Waals surface area contributed by atoms with Gasteiger partial charge < -0.3 is 10.6 Å². The SMILES string of the molecule is CCCC(=O)Nc1ccc(CNC(=O)c2ccc(S(=O)(=O)N(C)C(C)C)cc2)cc1. The molecule has 2 amide bonds. The van der Waals surface area contributed by atoms with E-state index in [2.05, 4.69) is 10.6 Å². The van der Waals surface area contributed by atoms with Gasteiger partial charge in [0.25, 0.3) is 5.91 Å². The highest BCUT2D eigenvalue weighted by atomic mass is 32.2. The Morgan fingerprint density at radius 3 is 2.13 bits per heavy atom. The predicted molar refractivity (Wildman–Crippen MR) is 118 cm³/mol. The van der Waals surface area contributed by atoms with Crippen molar-refractivity contribution in [2.45, 2.75) is 51.1 Å². The molecule has 30 heavy (non-hydrogen) atoms. The maximum atomic E-state index is 12.5. The van der Waals surface area contributed by atoms with Gasteiger partial charge in [0.1, 0.15) is 0 Å². The fourth-order valence-corrected chi connectivity index (χ4v) is 4.03. The third-order valence-electron chi connectivity index (χ3n) is 4.69. The van der Waals surface area contributed by atoms with Gasteiger partial charge >= 0.3 is 0 Å². The first-order chi connectivity index (χ1) is 14.1. The summed E-state index contributed by atoms with van der Waals surface area (Å²) in [6, 6.07) is 13.0. The van der Waals surface area contributed by atoms with Crippen molar-refractivity contribution in [2.75, 3.05) is 12.4 Å². The van der Waals surface area contributed by atoms with E-state index >= 15 is 0 Å². The summed E-state index contributed by atoms with van der Waals surface area (Å²) in [4.78, 5) is 24.1. The maximum absolute atomic E-state index is 12.5. The molecule has 0 unspecified atom stereocenters. The molecule has 2 rings (SSSR count). The number of amides is 2. The van der Waals surface area contributed by atoms with E-state index in [1.165, 1.54) is 35.6 Å². The van der Waals surface area contributed by atoms with Gasteiger partial charge in [-0.05, 0) is 62.2 Å². The van der Waals surface area contributed by atoms with Crippen molar-refractivity contribution in [3.63, 3.8) is 0 Å². The Hall–Kier alpha value is -2.71. The first-order valence-corrected chi connectivity index (χ1v) is 11.3. The van der Waals surface area contributed by atoms with Crippen molar-refractivity contribution in [3.8, 4) is 0 Å². The second-order valence-electron chi connectivity index (χ2n) is 7.32. The molecule has 0 atom stereocenters. The monoisotopic (exact) mass is 431 g/mol. The van der Waals surface area contributed by atoms with Crippen LogP contribution in [0.4, 0.5) is 5.69 Å². The molecule has 0 aliphatic rings. The van der Waals surface area contributed by atoms with Crippen LogP contribution in [0.15, 0.2) is 53.4 Å². The van der Waals surface area contributed by atoms with E-state index in [4.69, 9.17) is 0 Å². The van der Waals surface area contributed by atoms with Crippen LogP contribution >= 0.6 is 0 Å². The molecule has 0 saturated carbocycles. The van der Waals surface area contributed by atoms with Crippen LogP contribution in [0.1, 0.15) is 49.5 Å². The minimum atomic E-state index is -3.58. The van der Waals surface area contributed by atoms with E-state index in [9.17, 15) is 18.0 Å². The number of sulfonamides is 1. The standard InChI is InChI=1S/C22H29N3O4S/c1-5-6-21(26)24-19-11-7-17(8-12-19)15-23-22(27)18-9-13-20(14-10-18)30(28,29)25(4)16(2)3/h7-14,16H,5-6,15H2,1-4H3,(H,23,27)(H,24,26). The minimum absolute atomic E-state index is 0.0244.